The molecule has 18 heavy (non-hydrogen) atoms. The molecule has 1 aromatic heterocycles. The molecule has 0 bridgehead atoms. The second-order valence-corrected chi connectivity index (χ2v) is 4.94. The van der Waals surface area contributed by atoms with Crippen LogP contribution in [0.2, 0.25) is 0 Å². The van der Waals surface area contributed by atoms with Crippen LogP contribution in [0.4, 0.5) is 0 Å². The van der Waals surface area contributed by atoms with E-state index in [1.807, 2.05) is 30.3 Å². The average Bonchev–Trinajstić information content (AvgIpc) is 2.80. The van der Waals surface area contributed by atoms with E-state index in [0.717, 1.165) is 27.7 Å². The van der Waals surface area contributed by atoms with Crippen molar-refractivity contribution in [3.63, 3.8) is 0 Å². The summed E-state index contributed by atoms with van der Waals surface area (Å²) >= 11 is 1.57. The summed E-state index contributed by atoms with van der Waals surface area (Å²) in [6, 6.07) is 11.9. The Labute approximate surface area is 111 Å². The second-order valence-electron chi connectivity index (χ2n) is 3.77. The Balaban J connectivity index is 2.04. The van der Waals surface area contributed by atoms with Gasteiger partial charge >= 0.3 is 0 Å². The third kappa shape index (κ3) is 3.08. The molecule has 0 aliphatic heterocycles. The summed E-state index contributed by atoms with van der Waals surface area (Å²) in [7, 11) is 0. The fourth-order valence-corrected chi connectivity index (χ4v) is 2.65. The van der Waals surface area contributed by atoms with Crippen molar-refractivity contribution in [1.29, 1.82) is 5.26 Å². The lowest BCUT2D eigenvalue weighted by Gasteiger charge is -2.02. The Bertz CT molecular complexity index is 543. The van der Waals surface area contributed by atoms with Crippen molar-refractivity contribution in [1.82, 2.24) is 4.98 Å². The quantitative estimate of drug-likeness (QED) is 0.826. The minimum Gasteiger partial charge on any atom is -0.486 e. The second kappa shape index (κ2) is 6.18. The Morgan fingerprint density at radius 2 is 2.11 bits per heavy atom. The molecule has 92 valence electrons. The highest BCUT2D eigenvalue weighted by molar-refractivity contribution is 7.11. The van der Waals surface area contributed by atoms with E-state index in [2.05, 4.69) is 18.0 Å². The van der Waals surface area contributed by atoms with E-state index in [0.29, 0.717) is 13.0 Å². The maximum absolute atomic E-state index is 8.75. The number of hydrogen-bond acceptors (Lipinski definition) is 4. The summed E-state index contributed by atoms with van der Waals surface area (Å²) in [5.41, 5.74) is 1.02. The van der Waals surface area contributed by atoms with Crippen LogP contribution in [0.15, 0.2) is 30.3 Å². The molecule has 2 rings (SSSR count). The van der Waals surface area contributed by atoms with E-state index >= 15 is 0 Å². The van der Waals surface area contributed by atoms with Crippen molar-refractivity contribution in [3.8, 4) is 11.8 Å². The largest absolute Gasteiger partial charge is 0.486 e. The molecule has 0 radical (unpaired) electrons. The number of hydrogen-bond donors (Lipinski definition) is 0. The maximum Gasteiger partial charge on any atom is 0.140 e. The van der Waals surface area contributed by atoms with Gasteiger partial charge in [-0.2, -0.15) is 5.26 Å². The molecule has 0 aliphatic carbocycles. The van der Waals surface area contributed by atoms with Gasteiger partial charge in [0.25, 0.3) is 0 Å². The Morgan fingerprint density at radius 3 is 2.78 bits per heavy atom. The molecule has 0 amide bonds. The Morgan fingerprint density at radius 1 is 1.33 bits per heavy atom. The lowest BCUT2D eigenvalue weighted by atomic mass is 10.2. The number of thiazole rings is 1. The Kier molecular flexibility index (Phi) is 4.32. The summed E-state index contributed by atoms with van der Waals surface area (Å²) in [4.78, 5) is 5.57. The smallest absolute Gasteiger partial charge is 0.140 e. The fraction of sp³-hybridized carbons (Fsp3) is 0.286. The summed E-state index contributed by atoms with van der Waals surface area (Å²) in [5, 5.41) is 9.69. The average molecular weight is 258 g/mol. The molecule has 1 aromatic carbocycles. The molecular formula is C14H14N2OS. The summed E-state index contributed by atoms with van der Waals surface area (Å²) in [6.45, 7) is 2.52. The molecule has 0 spiro atoms. The number of para-hydroxylation sites is 1. The highest BCUT2D eigenvalue weighted by Crippen LogP contribution is 2.21. The predicted molar refractivity (Wildman–Crippen MR) is 71.6 cm³/mol. The molecule has 0 fully saturated rings. The van der Waals surface area contributed by atoms with Crippen molar-refractivity contribution in [3.05, 3.63) is 45.9 Å². The molecule has 0 N–H and O–H groups in total. The van der Waals surface area contributed by atoms with Gasteiger partial charge in [-0.3, -0.25) is 0 Å². The van der Waals surface area contributed by atoms with Crippen molar-refractivity contribution >= 4 is 11.3 Å². The highest BCUT2D eigenvalue weighted by atomic mass is 32.1. The number of nitrogens with zero attached hydrogens (tertiary/aromatic N) is 2. The zero-order valence-electron chi connectivity index (χ0n) is 10.2. The minimum atomic E-state index is 0.437. The highest BCUT2D eigenvalue weighted by Gasteiger charge is 2.09. The molecule has 4 heteroatoms. The van der Waals surface area contributed by atoms with Gasteiger partial charge in [0.05, 0.1) is 18.2 Å². The molecule has 0 aliphatic rings. The molecule has 2 aromatic rings. The molecule has 0 saturated heterocycles. The topological polar surface area (TPSA) is 45.9 Å². The molecule has 0 atom stereocenters. The van der Waals surface area contributed by atoms with Crippen LogP contribution in [0, 0.1) is 11.3 Å². The lowest BCUT2D eigenvalue weighted by Crippen LogP contribution is -1.95. The van der Waals surface area contributed by atoms with Crippen LogP contribution in [0.1, 0.15) is 22.5 Å². The number of nitriles is 1. The van der Waals surface area contributed by atoms with Crippen molar-refractivity contribution < 1.29 is 4.74 Å². The van der Waals surface area contributed by atoms with Gasteiger partial charge in [0.2, 0.25) is 0 Å². The first kappa shape index (κ1) is 12.6. The number of ether oxygens (including phenoxy) is 1. The first-order chi connectivity index (χ1) is 8.83. The van der Waals surface area contributed by atoms with E-state index in [1.165, 1.54) is 0 Å². The molecule has 0 unspecified atom stereocenters. The van der Waals surface area contributed by atoms with Crippen LogP contribution < -0.4 is 4.74 Å². The number of benzene rings is 1. The van der Waals surface area contributed by atoms with Crippen LogP contribution in [-0.4, -0.2) is 4.98 Å². The van der Waals surface area contributed by atoms with Gasteiger partial charge in [0.15, 0.2) is 0 Å². The van der Waals surface area contributed by atoms with Gasteiger partial charge in [0, 0.05) is 4.88 Å². The predicted octanol–water partition coefficient (Wildman–Crippen LogP) is 3.35. The third-order valence-electron chi connectivity index (χ3n) is 2.50. The van der Waals surface area contributed by atoms with E-state index in [1.54, 1.807) is 11.3 Å². The van der Waals surface area contributed by atoms with E-state index in [-0.39, 0.29) is 0 Å². The van der Waals surface area contributed by atoms with Crippen LogP contribution in [0.3, 0.4) is 0 Å². The summed E-state index contributed by atoms with van der Waals surface area (Å²) < 4.78 is 5.65. The normalized spacial score (nSPS) is 10.0. The van der Waals surface area contributed by atoms with Crippen molar-refractivity contribution in [2.45, 2.75) is 26.4 Å². The maximum atomic E-state index is 8.75. The number of rotatable bonds is 5. The van der Waals surface area contributed by atoms with E-state index in [9.17, 15) is 0 Å². The number of aromatic nitrogens is 1. The zero-order chi connectivity index (χ0) is 12.8. The molecular weight excluding hydrogens is 244 g/mol. The lowest BCUT2D eigenvalue weighted by molar-refractivity contribution is 0.305. The minimum absolute atomic E-state index is 0.437. The van der Waals surface area contributed by atoms with Crippen LogP contribution in [-0.2, 0) is 19.4 Å². The standard InChI is InChI=1S/C14H14N2OS/c1-2-12-13(8-9-15)18-14(16-12)10-17-11-6-4-3-5-7-11/h3-7H,2,8,10H2,1H3. The van der Waals surface area contributed by atoms with Crippen molar-refractivity contribution in [2.75, 3.05) is 0 Å². The SMILES string of the molecule is CCc1nc(COc2ccccc2)sc1CC#N. The van der Waals surface area contributed by atoms with E-state index in [4.69, 9.17) is 10.00 Å². The van der Waals surface area contributed by atoms with Gasteiger partial charge in [-0.25, -0.2) is 4.98 Å². The number of aryl methyl sites for hydroxylation is 1. The molecule has 3 nitrogen and oxygen atoms in total. The van der Waals surface area contributed by atoms with Crippen LogP contribution in [0.5, 0.6) is 5.75 Å². The van der Waals surface area contributed by atoms with Gasteiger partial charge in [0.1, 0.15) is 17.4 Å². The summed E-state index contributed by atoms with van der Waals surface area (Å²) in [6.07, 6.45) is 1.30. The van der Waals surface area contributed by atoms with Gasteiger partial charge < -0.3 is 4.74 Å². The summed E-state index contributed by atoms with van der Waals surface area (Å²) in [5.74, 6) is 0.840. The van der Waals surface area contributed by atoms with Crippen molar-refractivity contribution in [2.24, 2.45) is 0 Å². The van der Waals surface area contributed by atoms with Gasteiger partial charge in [-0.15, -0.1) is 11.3 Å². The monoisotopic (exact) mass is 258 g/mol. The van der Waals surface area contributed by atoms with Crippen LogP contribution >= 0.6 is 11.3 Å². The third-order valence-corrected chi connectivity index (χ3v) is 3.57. The van der Waals surface area contributed by atoms with Crippen LogP contribution in [0.25, 0.3) is 0 Å². The van der Waals surface area contributed by atoms with Gasteiger partial charge in [-0.1, -0.05) is 25.1 Å². The fourth-order valence-electron chi connectivity index (χ4n) is 1.65. The first-order valence-corrected chi connectivity index (χ1v) is 6.67. The zero-order valence-corrected chi connectivity index (χ0v) is 11.0. The first-order valence-electron chi connectivity index (χ1n) is 5.85. The van der Waals surface area contributed by atoms with Gasteiger partial charge in [-0.05, 0) is 18.6 Å². The Hall–Kier alpha value is -1.86. The van der Waals surface area contributed by atoms with E-state index < -0.39 is 0 Å². The molecule has 1 heterocycles. The molecule has 0 saturated carbocycles.